The van der Waals surface area contributed by atoms with Crippen molar-refractivity contribution in [1.82, 2.24) is 4.90 Å². The van der Waals surface area contributed by atoms with E-state index in [4.69, 9.17) is 4.74 Å². The average Bonchev–Trinajstić information content (AvgIpc) is 2.47. The molecule has 114 valence electrons. The van der Waals surface area contributed by atoms with Crippen LogP contribution in [-0.4, -0.2) is 43.0 Å². The van der Waals surface area contributed by atoms with Crippen LogP contribution in [-0.2, 0) is 9.59 Å². The van der Waals surface area contributed by atoms with Gasteiger partial charge in [-0.1, -0.05) is 6.07 Å². The van der Waals surface area contributed by atoms with E-state index in [1.54, 1.807) is 9.80 Å². The summed E-state index contributed by atoms with van der Waals surface area (Å²) >= 11 is 0. The van der Waals surface area contributed by atoms with Crippen molar-refractivity contribution in [3.05, 3.63) is 23.8 Å². The Bertz CT molecular complexity index is 538. The smallest absolute Gasteiger partial charge is 0.265 e. The van der Waals surface area contributed by atoms with Crippen LogP contribution in [0, 0.1) is 6.92 Å². The first-order valence-corrected chi connectivity index (χ1v) is 7.38. The Balaban J connectivity index is 2.11. The number of rotatable bonds is 5. The molecule has 1 aliphatic heterocycles. The Kier molecular flexibility index (Phi) is 4.83. The number of nitrogens with zero attached hydrogens (tertiary/aromatic N) is 2. The van der Waals surface area contributed by atoms with E-state index >= 15 is 0 Å². The molecular formula is C16H22N2O3. The van der Waals surface area contributed by atoms with Crippen LogP contribution in [0.2, 0.25) is 0 Å². The summed E-state index contributed by atoms with van der Waals surface area (Å²) in [4.78, 5) is 27.6. The fourth-order valence-corrected chi connectivity index (χ4v) is 2.50. The van der Waals surface area contributed by atoms with Crippen molar-refractivity contribution in [2.45, 2.75) is 27.2 Å². The Labute approximate surface area is 125 Å². The third-order valence-electron chi connectivity index (χ3n) is 3.72. The molecule has 0 unspecified atom stereocenters. The highest BCUT2D eigenvalue weighted by Crippen LogP contribution is 2.32. The first kappa shape index (κ1) is 15.4. The maximum atomic E-state index is 12.1. The molecule has 0 bridgehead atoms. The van der Waals surface area contributed by atoms with Gasteiger partial charge in [-0.15, -0.1) is 0 Å². The molecule has 0 atom stereocenters. The predicted octanol–water partition coefficient (Wildman–Crippen LogP) is 1.98. The van der Waals surface area contributed by atoms with Crippen molar-refractivity contribution in [2.75, 3.05) is 31.1 Å². The molecule has 0 fully saturated rings. The maximum absolute atomic E-state index is 12.1. The summed E-state index contributed by atoms with van der Waals surface area (Å²) in [5, 5.41) is 0. The summed E-state index contributed by atoms with van der Waals surface area (Å²) in [5.74, 6) is 0.685. The van der Waals surface area contributed by atoms with Crippen LogP contribution >= 0.6 is 0 Å². The number of ether oxygens (including phenoxy) is 1. The third kappa shape index (κ3) is 3.35. The van der Waals surface area contributed by atoms with Gasteiger partial charge in [0.2, 0.25) is 5.91 Å². The molecule has 0 aromatic heterocycles. The minimum Gasteiger partial charge on any atom is -0.482 e. The van der Waals surface area contributed by atoms with Crippen LogP contribution in [0.15, 0.2) is 18.2 Å². The Morgan fingerprint density at radius 3 is 2.71 bits per heavy atom. The van der Waals surface area contributed by atoms with Crippen LogP contribution in [0.3, 0.4) is 0 Å². The van der Waals surface area contributed by atoms with Crippen molar-refractivity contribution in [2.24, 2.45) is 0 Å². The zero-order valence-electron chi connectivity index (χ0n) is 12.9. The maximum Gasteiger partial charge on any atom is 0.265 e. The van der Waals surface area contributed by atoms with Gasteiger partial charge in [0, 0.05) is 26.1 Å². The number of amides is 2. The van der Waals surface area contributed by atoms with Gasteiger partial charge < -0.3 is 14.5 Å². The fraction of sp³-hybridized carbons (Fsp3) is 0.500. The largest absolute Gasteiger partial charge is 0.482 e. The molecule has 21 heavy (non-hydrogen) atoms. The van der Waals surface area contributed by atoms with Crippen molar-refractivity contribution in [3.63, 3.8) is 0 Å². The van der Waals surface area contributed by atoms with Gasteiger partial charge in [0.05, 0.1) is 5.69 Å². The quantitative estimate of drug-likeness (QED) is 0.833. The monoisotopic (exact) mass is 290 g/mol. The molecular weight excluding hydrogens is 268 g/mol. The van der Waals surface area contributed by atoms with Gasteiger partial charge in [0.25, 0.3) is 5.91 Å². The van der Waals surface area contributed by atoms with E-state index in [9.17, 15) is 9.59 Å². The minimum absolute atomic E-state index is 0.0372. The molecule has 0 saturated heterocycles. The Hall–Kier alpha value is -2.04. The number of carbonyl (C=O) groups excluding carboxylic acids is 2. The zero-order valence-corrected chi connectivity index (χ0v) is 12.9. The Morgan fingerprint density at radius 1 is 1.33 bits per heavy atom. The molecule has 1 aliphatic rings. The highest BCUT2D eigenvalue weighted by molar-refractivity contribution is 5.98. The summed E-state index contributed by atoms with van der Waals surface area (Å²) in [6.45, 7) is 7.71. The van der Waals surface area contributed by atoms with E-state index in [0.717, 1.165) is 11.3 Å². The van der Waals surface area contributed by atoms with Gasteiger partial charge in [-0.2, -0.15) is 0 Å². The second-order valence-electron chi connectivity index (χ2n) is 5.12. The fourth-order valence-electron chi connectivity index (χ4n) is 2.50. The molecule has 0 spiro atoms. The van der Waals surface area contributed by atoms with Gasteiger partial charge in [0.1, 0.15) is 5.75 Å². The van der Waals surface area contributed by atoms with Crippen molar-refractivity contribution >= 4 is 17.5 Å². The highest BCUT2D eigenvalue weighted by Gasteiger charge is 2.26. The molecule has 1 aromatic rings. The van der Waals surface area contributed by atoms with Crippen LogP contribution in [0.25, 0.3) is 0 Å². The number of anilines is 1. The number of aryl methyl sites for hydroxylation is 1. The summed E-state index contributed by atoms with van der Waals surface area (Å²) in [7, 11) is 0. The Morgan fingerprint density at radius 2 is 2.05 bits per heavy atom. The predicted molar refractivity (Wildman–Crippen MR) is 81.6 cm³/mol. The molecule has 5 heteroatoms. The molecule has 5 nitrogen and oxygen atoms in total. The average molecular weight is 290 g/mol. The second-order valence-corrected chi connectivity index (χ2v) is 5.12. The van der Waals surface area contributed by atoms with E-state index in [2.05, 4.69) is 0 Å². The molecule has 1 aromatic carbocycles. The molecule has 2 rings (SSSR count). The number of hydrogen-bond acceptors (Lipinski definition) is 3. The number of fused-ring (bicyclic) bond motifs is 1. The van der Waals surface area contributed by atoms with E-state index in [-0.39, 0.29) is 18.4 Å². The van der Waals surface area contributed by atoms with Crippen molar-refractivity contribution in [1.29, 1.82) is 0 Å². The van der Waals surface area contributed by atoms with Crippen molar-refractivity contribution < 1.29 is 14.3 Å². The lowest BCUT2D eigenvalue weighted by Crippen LogP contribution is -2.41. The molecule has 0 saturated carbocycles. The highest BCUT2D eigenvalue weighted by atomic mass is 16.5. The second kappa shape index (κ2) is 6.61. The van der Waals surface area contributed by atoms with Gasteiger partial charge >= 0.3 is 0 Å². The number of benzene rings is 1. The molecule has 0 aliphatic carbocycles. The third-order valence-corrected chi connectivity index (χ3v) is 3.72. The van der Waals surface area contributed by atoms with Crippen LogP contribution in [0.4, 0.5) is 5.69 Å². The van der Waals surface area contributed by atoms with E-state index < -0.39 is 0 Å². The molecule has 2 amide bonds. The van der Waals surface area contributed by atoms with Gasteiger partial charge in [-0.3, -0.25) is 9.59 Å². The topological polar surface area (TPSA) is 49.9 Å². The summed E-state index contributed by atoms with van der Waals surface area (Å²) in [5.41, 5.74) is 1.82. The minimum atomic E-state index is -0.0968. The lowest BCUT2D eigenvalue weighted by molar-refractivity contribution is -0.130. The van der Waals surface area contributed by atoms with Crippen LogP contribution in [0.5, 0.6) is 5.75 Å². The summed E-state index contributed by atoms with van der Waals surface area (Å²) in [6.07, 6.45) is 0.334. The first-order valence-electron chi connectivity index (χ1n) is 7.38. The zero-order chi connectivity index (χ0) is 15.4. The molecule has 0 N–H and O–H groups in total. The van der Waals surface area contributed by atoms with Gasteiger partial charge in [-0.05, 0) is 38.5 Å². The molecule has 1 heterocycles. The first-order chi connectivity index (χ1) is 10.1. The normalized spacial score (nSPS) is 13.7. The summed E-state index contributed by atoms with van der Waals surface area (Å²) < 4.78 is 5.43. The standard InChI is InChI=1S/C16H22N2O3/c1-4-17(5-2)15(19)8-9-18-13-10-12(3)6-7-14(13)21-11-16(18)20/h6-7,10H,4-5,8-9,11H2,1-3H3. The SMILES string of the molecule is CCN(CC)C(=O)CCN1C(=O)COc2ccc(C)cc21. The van der Waals surface area contributed by atoms with Gasteiger partial charge in [-0.25, -0.2) is 0 Å². The lowest BCUT2D eigenvalue weighted by Gasteiger charge is -2.30. The van der Waals surface area contributed by atoms with Crippen LogP contribution < -0.4 is 9.64 Å². The summed E-state index contributed by atoms with van der Waals surface area (Å²) in [6, 6.07) is 5.75. The van der Waals surface area contributed by atoms with E-state index in [1.165, 1.54) is 0 Å². The molecule has 0 radical (unpaired) electrons. The van der Waals surface area contributed by atoms with Crippen molar-refractivity contribution in [3.8, 4) is 5.75 Å². The van der Waals surface area contributed by atoms with E-state index in [1.807, 2.05) is 39.0 Å². The van der Waals surface area contributed by atoms with Crippen LogP contribution in [0.1, 0.15) is 25.8 Å². The van der Waals surface area contributed by atoms with E-state index in [0.29, 0.717) is 31.8 Å². The number of hydrogen-bond donors (Lipinski definition) is 0. The number of carbonyl (C=O) groups is 2. The lowest BCUT2D eigenvalue weighted by atomic mass is 10.1. The van der Waals surface area contributed by atoms with Gasteiger partial charge in [0.15, 0.2) is 6.61 Å².